The maximum absolute atomic E-state index is 12.5. The molecule has 0 aliphatic carbocycles. The minimum atomic E-state index is -3.78. The lowest BCUT2D eigenvalue weighted by Crippen LogP contribution is -2.34. The van der Waals surface area contributed by atoms with Crippen LogP contribution in [0.4, 0.5) is 0 Å². The van der Waals surface area contributed by atoms with E-state index in [0.717, 1.165) is 0 Å². The van der Waals surface area contributed by atoms with Crippen LogP contribution in [0.15, 0.2) is 23.1 Å². The lowest BCUT2D eigenvalue weighted by atomic mass is 10.1. The van der Waals surface area contributed by atoms with Gasteiger partial charge in [0.1, 0.15) is 5.75 Å². The predicted molar refractivity (Wildman–Crippen MR) is 75.5 cm³/mol. The first kappa shape index (κ1) is 15.7. The zero-order valence-corrected chi connectivity index (χ0v) is 12.7. The van der Waals surface area contributed by atoms with Crippen LogP contribution in [0.1, 0.15) is 23.7 Å². The Bertz CT molecular complexity index is 669. The first-order valence-electron chi connectivity index (χ1n) is 6.38. The fourth-order valence-electron chi connectivity index (χ4n) is 2.30. The maximum Gasteiger partial charge on any atom is 0.252 e. The molecule has 1 heterocycles. The second kappa shape index (κ2) is 5.28. The molecule has 0 spiro atoms. The highest BCUT2D eigenvalue weighted by molar-refractivity contribution is 7.89. The number of primary amides is 1. The van der Waals surface area contributed by atoms with Gasteiger partial charge in [0.05, 0.1) is 23.2 Å². The summed E-state index contributed by atoms with van der Waals surface area (Å²) < 4.78 is 31.2. The van der Waals surface area contributed by atoms with Crippen LogP contribution in [0, 0.1) is 0 Å². The van der Waals surface area contributed by atoms with Crippen LogP contribution in [0.5, 0.6) is 5.75 Å². The molecule has 1 fully saturated rings. The normalized spacial score (nSPS) is 23.2. The molecule has 116 valence electrons. The summed E-state index contributed by atoms with van der Waals surface area (Å²) in [7, 11) is -2.41. The lowest BCUT2D eigenvalue weighted by Gasteiger charge is -2.19. The zero-order chi connectivity index (χ0) is 15.8. The number of β-amino-alcohol motifs (C(OH)–C–C–N with tert-alkyl or cyclic N) is 1. The van der Waals surface area contributed by atoms with Crippen LogP contribution in [0.25, 0.3) is 0 Å². The minimum absolute atomic E-state index is 0.00420. The first-order chi connectivity index (χ1) is 9.67. The highest BCUT2D eigenvalue weighted by Crippen LogP contribution is 2.29. The Labute approximate surface area is 123 Å². The number of nitrogens with zero attached hydrogens (tertiary/aromatic N) is 1. The quantitative estimate of drug-likeness (QED) is 0.809. The Morgan fingerprint density at radius 3 is 2.62 bits per heavy atom. The molecule has 1 aliphatic rings. The number of methoxy groups -OCH3 is 1. The topological polar surface area (TPSA) is 110 Å². The third-order valence-electron chi connectivity index (χ3n) is 3.49. The third kappa shape index (κ3) is 3.02. The van der Waals surface area contributed by atoms with E-state index in [1.54, 1.807) is 6.92 Å². The summed E-state index contributed by atoms with van der Waals surface area (Å²) in [5.41, 5.74) is 4.20. The predicted octanol–water partition coefficient (Wildman–Crippen LogP) is -0.0605. The number of hydrogen-bond acceptors (Lipinski definition) is 5. The Morgan fingerprint density at radius 2 is 2.14 bits per heavy atom. The van der Waals surface area contributed by atoms with Crippen LogP contribution in [-0.4, -0.2) is 49.5 Å². The second-order valence-corrected chi connectivity index (χ2v) is 7.25. The van der Waals surface area contributed by atoms with Gasteiger partial charge in [0.25, 0.3) is 5.91 Å². The molecule has 0 saturated carbocycles. The van der Waals surface area contributed by atoms with E-state index in [2.05, 4.69) is 0 Å². The zero-order valence-electron chi connectivity index (χ0n) is 11.9. The number of carbonyl (C=O) groups is 1. The molecule has 0 radical (unpaired) electrons. The van der Waals surface area contributed by atoms with Crippen molar-refractivity contribution in [2.75, 3.05) is 20.2 Å². The molecule has 1 amide bonds. The average molecular weight is 314 g/mol. The number of rotatable bonds is 4. The fourth-order valence-corrected chi connectivity index (χ4v) is 3.88. The highest BCUT2D eigenvalue weighted by Gasteiger charge is 2.38. The maximum atomic E-state index is 12.5. The lowest BCUT2D eigenvalue weighted by molar-refractivity contribution is 0.0762. The van der Waals surface area contributed by atoms with Crippen LogP contribution in [-0.2, 0) is 10.0 Å². The van der Waals surface area contributed by atoms with E-state index >= 15 is 0 Å². The number of ether oxygens (including phenoxy) is 1. The van der Waals surface area contributed by atoms with E-state index in [4.69, 9.17) is 10.5 Å². The van der Waals surface area contributed by atoms with Gasteiger partial charge >= 0.3 is 0 Å². The summed E-state index contributed by atoms with van der Waals surface area (Å²) >= 11 is 0. The van der Waals surface area contributed by atoms with Crippen molar-refractivity contribution in [2.24, 2.45) is 5.73 Å². The molecule has 0 aromatic heterocycles. The van der Waals surface area contributed by atoms with E-state index in [9.17, 15) is 18.3 Å². The number of hydrogen-bond donors (Lipinski definition) is 2. The third-order valence-corrected chi connectivity index (χ3v) is 5.33. The summed E-state index contributed by atoms with van der Waals surface area (Å²) in [6.45, 7) is 1.84. The van der Waals surface area contributed by atoms with Crippen LogP contribution in [0.2, 0.25) is 0 Å². The number of nitrogens with two attached hydrogens (primary N) is 1. The number of sulfonamides is 1. The van der Waals surface area contributed by atoms with Crippen molar-refractivity contribution in [1.29, 1.82) is 0 Å². The van der Waals surface area contributed by atoms with Crippen molar-refractivity contribution in [3.63, 3.8) is 0 Å². The first-order valence-corrected chi connectivity index (χ1v) is 7.82. The van der Waals surface area contributed by atoms with Gasteiger partial charge in [-0.3, -0.25) is 4.79 Å². The van der Waals surface area contributed by atoms with Crippen molar-refractivity contribution in [1.82, 2.24) is 4.31 Å². The highest BCUT2D eigenvalue weighted by atomic mass is 32.2. The van der Waals surface area contributed by atoms with Crippen LogP contribution >= 0.6 is 0 Å². The van der Waals surface area contributed by atoms with Gasteiger partial charge in [-0.25, -0.2) is 8.42 Å². The molecule has 1 unspecified atom stereocenters. The van der Waals surface area contributed by atoms with E-state index in [0.29, 0.717) is 6.42 Å². The number of aliphatic hydroxyl groups is 1. The Balaban J connectivity index is 2.42. The molecule has 1 atom stereocenters. The van der Waals surface area contributed by atoms with E-state index in [1.807, 2.05) is 0 Å². The average Bonchev–Trinajstić information content (AvgIpc) is 2.78. The van der Waals surface area contributed by atoms with E-state index in [-0.39, 0.29) is 29.3 Å². The Hall–Kier alpha value is -1.64. The van der Waals surface area contributed by atoms with Crippen molar-refractivity contribution >= 4 is 15.9 Å². The Kier molecular flexibility index (Phi) is 3.96. The molecule has 1 aliphatic heterocycles. The number of benzene rings is 1. The minimum Gasteiger partial charge on any atom is -0.496 e. The monoisotopic (exact) mass is 314 g/mol. The number of carbonyl (C=O) groups excluding carboxylic acids is 1. The Morgan fingerprint density at radius 1 is 1.48 bits per heavy atom. The van der Waals surface area contributed by atoms with E-state index in [1.165, 1.54) is 29.6 Å². The number of amides is 1. The molecule has 1 saturated heterocycles. The van der Waals surface area contributed by atoms with Crippen molar-refractivity contribution < 1.29 is 23.1 Å². The van der Waals surface area contributed by atoms with Gasteiger partial charge in [-0.1, -0.05) is 0 Å². The van der Waals surface area contributed by atoms with Gasteiger partial charge in [0.15, 0.2) is 0 Å². The molecule has 8 heteroatoms. The van der Waals surface area contributed by atoms with E-state index < -0.39 is 21.5 Å². The fraction of sp³-hybridized carbons (Fsp3) is 0.462. The second-order valence-electron chi connectivity index (χ2n) is 5.31. The van der Waals surface area contributed by atoms with Gasteiger partial charge < -0.3 is 15.6 Å². The molecule has 1 aromatic rings. The van der Waals surface area contributed by atoms with Crippen molar-refractivity contribution in [3.8, 4) is 5.75 Å². The molecule has 21 heavy (non-hydrogen) atoms. The SMILES string of the molecule is COc1ccc(S(=O)(=O)N2CCC(C)(O)C2)cc1C(N)=O. The standard InChI is InChI=1S/C13H18N2O5S/c1-13(17)5-6-15(8-13)21(18,19)9-3-4-11(20-2)10(7-9)12(14)16/h3-4,7,17H,5-6,8H2,1-2H3,(H2,14,16). The molecule has 0 bridgehead atoms. The summed E-state index contributed by atoms with van der Waals surface area (Å²) in [4.78, 5) is 11.3. The van der Waals surface area contributed by atoms with Crippen LogP contribution < -0.4 is 10.5 Å². The summed E-state index contributed by atoms with van der Waals surface area (Å²) in [6.07, 6.45) is 0.366. The summed E-state index contributed by atoms with van der Waals surface area (Å²) in [5, 5.41) is 9.90. The molecule has 2 rings (SSSR count). The summed E-state index contributed by atoms with van der Waals surface area (Å²) in [6, 6.07) is 3.94. The van der Waals surface area contributed by atoms with Crippen molar-refractivity contribution in [3.05, 3.63) is 23.8 Å². The molecule has 3 N–H and O–H groups in total. The van der Waals surface area contributed by atoms with Gasteiger partial charge in [-0.05, 0) is 31.5 Å². The van der Waals surface area contributed by atoms with Crippen molar-refractivity contribution in [2.45, 2.75) is 23.8 Å². The molecule has 7 nitrogen and oxygen atoms in total. The molecule has 1 aromatic carbocycles. The van der Waals surface area contributed by atoms with Gasteiger partial charge in [-0.2, -0.15) is 4.31 Å². The van der Waals surface area contributed by atoms with Gasteiger partial charge in [0, 0.05) is 13.1 Å². The molecular weight excluding hydrogens is 296 g/mol. The molecular formula is C13H18N2O5S. The largest absolute Gasteiger partial charge is 0.496 e. The van der Waals surface area contributed by atoms with Gasteiger partial charge in [0.2, 0.25) is 10.0 Å². The van der Waals surface area contributed by atoms with Gasteiger partial charge in [-0.15, -0.1) is 0 Å². The summed E-state index contributed by atoms with van der Waals surface area (Å²) in [5.74, 6) is -0.549. The van der Waals surface area contributed by atoms with Crippen LogP contribution in [0.3, 0.4) is 0 Å². The smallest absolute Gasteiger partial charge is 0.252 e.